The highest BCUT2D eigenvalue weighted by atomic mass is 16.5. The van der Waals surface area contributed by atoms with Gasteiger partial charge in [-0.15, -0.1) is 0 Å². The van der Waals surface area contributed by atoms with Crippen LogP contribution in [-0.4, -0.2) is 26.7 Å². The van der Waals surface area contributed by atoms with E-state index in [2.05, 4.69) is 34.3 Å². The minimum atomic E-state index is 0.483. The predicted molar refractivity (Wildman–Crippen MR) is 107 cm³/mol. The third-order valence-corrected chi connectivity index (χ3v) is 3.89. The Bertz CT molecular complexity index is 757. The van der Waals surface area contributed by atoms with Crippen LogP contribution >= 0.6 is 0 Å². The standard InChI is InChI=1S/C21H27N3O2/c1-5-12-26-19-9-7-6-8-17(19)14-23-21(22-3)24-15-18-11-10-16(2)13-20(18)25-4/h5-11,13H,1,12,14-15H2,2-4H3,(H2,22,23,24). The van der Waals surface area contributed by atoms with E-state index < -0.39 is 0 Å². The lowest BCUT2D eigenvalue weighted by atomic mass is 10.1. The van der Waals surface area contributed by atoms with Crippen molar-refractivity contribution in [3.05, 3.63) is 71.8 Å². The number of hydrogen-bond acceptors (Lipinski definition) is 3. The molecule has 0 spiro atoms. The zero-order chi connectivity index (χ0) is 18.8. The van der Waals surface area contributed by atoms with Crippen LogP contribution in [0, 0.1) is 6.92 Å². The minimum Gasteiger partial charge on any atom is -0.496 e. The number of aryl methyl sites for hydroxylation is 1. The summed E-state index contributed by atoms with van der Waals surface area (Å²) in [6.07, 6.45) is 1.74. The third-order valence-electron chi connectivity index (χ3n) is 3.89. The van der Waals surface area contributed by atoms with Gasteiger partial charge in [0.15, 0.2) is 5.96 Å². The lowest BCUT2D eigenvalue weighted by Crippen LogP contribution is -2.36. The molecule has 0 saturated carbocycles. The molecule has 0 fully saturated rings. The molecular weight excluding hydrogens is 326 g/mol. The van der Waals surface area contributed by atoms with Crippen LogP contribution in [0.15, 0.2) is 60.1 Å². The summed E-state index contributed by atoms with van der Waals surface area (Å²) in [6, 6.07) is 14.1. The molecule has 2 N–H and O–H groups in total. The Kier molecular flexibility index (Phi) is 7.55. The summed E-state index contributed by atoms with van der Waals surface area (Å²) < 4.78 is 11.1. The molecule has 0 bridgehead atoms. The summed E-state index contributed by atoms with van der Waals surface area (Å²) in [7, 11) is 3.44. The number of rotatable bonds is 8. The van der Waals surface area contributed by atoms with Crippen molar-refractivity contribution in [2.24, 2.45) is 4.99 Å². The first-order chi connectivity index (χ1) is 12.7. The topological polar surface area (TPSA) is 54.9 Å². The average Bonchev–Trinajstić information content (AvgIpc) is 2.67. The lowest BCUT2D eigenvalue weighted by molar-refractivity contribution is 0.358. The number of hydrogen-bond donors (Lipinski definition) is 2. The largest absolute Gasteiger partial charge is 0.496 e. The van der Waals surface area contributed by atoms with Gasteiger partial charge in [0.1, 0.15) is 18.1 Å². The molecule has 5 nitrogen and oxygen atoms in total. The number of benzene rings is 2. The van der Waals surface area contributed by atoms with E-state index in [0.717, 1.165) is 22.6 Å². The number of ether oxygens (including phenoxy) is 2. The Labute approximate surface area is 155 Å². The average molecular weight is 353 g/mol. The van der Waals surface area contributed by atoms with Crippen molar-refractivity contribution in [3.63, 3.8) is 0 Å². The molecule has 0 aliphatic rings. The van der Waals surface area contributed by atoms with Crippen LogP contribution in [0.2, 0.25) is 0 Å². The van der Waals surface area contributed by atoms with Crippen molar-refractivity contribution in [2.75, 3.05) is 20.8 Å². The summed E-state index contributed by atoms with van der Waals surface area (Å²) in [5, 5.41) is 6.63. The summed E-state index contributed by atoms with van der Waals surface area (Å²) in [4.78, 5) is 4.28. The fourth-order valence-electron chi connectivity index (χ4n) is 2.52. The number of aliphatic imine (C=N–C) groups is 1. The Morgan fingerprint density at radius 3 is 2.42 bits per heavy atom. The van der Waals surface area contributed by atoms with E-state index in [1.165, 1.54) is 5.56 Å². The van der Waals surface area contributed by atoms with Crippen LogP contribution in [0.5, 0.6) is 11.5 Å². The Balaban J connectivity index is 1.96. The summed E-state index contributed by atoms with van der Waals surface area (Å²) in [5.74, 6) is 2.43. The maximum atomic E-state index is 5.69. The number of para-hydroxylation sites is 1. The first-order valence-electron chi connectivity index (χ1n) is 8.57. The Morgan fingerprint density at radius 2 is 1.77 bits per heavy atom. The second-order valence-corrected chi connectivity index (χ2v) is 5.80. The zero-order valence-corrected chi connectivity index (χ0v) is 15.7. The molecule has 5 heteroatoms. The number of methoxy groups -OCH3 is 1. The third kappa shape index (κ3) is 5.55. The fraction of sp³-hybridized carbons (Fsp3) is 0.286. The van der Waals surface area contributed by atoms with Gasteiger partial charge < -0.3 is 20.1 Å². The monoisotopic (exact) mass is 353 g/mol. The van der Waals surface area contributed by atoms with Gasteiger partial charge in [-0.2, -0.15) is 0 Å². The second kappa shape index (κ2) is 10.1. The van der Waals surface area contributed by atoms with Gasteiger partial charge in [0, 0.05) is 31.3 Å². The number of nitrogens with one attached hydrogen (secondary N) is 2. The van der Waals surface area contributed by atoms with Gasteiger partial charge in [-0.05, 0) is 24.6 Å². The van der Waals surface area contributed by atoms with Crippen LogP contribution in [0.4, 0.5) is 0 Å². The van der Waals surface area contributed by atoms with Crippen molar-refractivity contribution in [3.8, 4) is 11.5 Å². The molecule has 2 rings (SSSR count). The highest BCUT2D eigenvalue weighted by Crippen LogP contribution is 2.20. The van der Waals surface area contributed by atoms with Crippen LogP contribution in [0.1, 0.15) is 16.7 Å². The van der Waals surface area contributed by atoms with Crippen molar-refractivity contribution in [2.45, 2.75) is 20.0 Å². The molecule has 0 aliphatic heterocycles. The Hall–Kier alpha value is -2.95. The number of nitrogens with zero attached hydrogens (tertiary/aromatic N) is 1. The fourth-order valence-corrected chi connectivity index (χ4v) is 2.52. The van der Waals surface area contributed by atoms with E-state index in [1.54, 1.807) is 20.2 Å². The van der Waals surface area contributed by atoms with Crippen molar-refractivity contribution in [1.82, 2.24) is 10.6 Å². The highest BCUT2D eigenvalue weighted by molar-refractivity contribution is 5.79. The van der Waals surface area contributed by atoms with Gasteiger partial charge in [0.05, 0.1) is 7.11 Å². The van der Waals surface area contributed by atoms with E-state index >= 15 is 0 Å². The summed E-state index contributed by atoms with van der Waals surface area (Å²) in [6.45, 7) is 7.45. The van der Waals surface area contributed by atoms with Gasteiger partial charge in [-0.1, -0.05) is 43.0 Å². The second-order valence-electron chi connectivity index (χ2n) is 5.80. The van der Waals surface area contributed by atoms with Gasteiger partial charge in [0.25, 0.3) is 0 Å². The first-order valence-corrected chi connectivity index (χ1v) is 8.57. The normalized spacial score (nSPS) is 11.0. The van der Waals surface area contributed by atoms with Gasteiger partial charge in [-0.25, -0.2) is 0 Å². The molecule has 0 unspecified atom stereocenters. The van der Waals surface area contributed by atoms with E-state index in [0.29, 0.717) is 25.7 Å². The van der Waals surface area contributed by atoms with E-state index in [4.69, 9.17) is 9.47 Å². The highest BCUT2D eigenvalue weighted by Gasteiger charge is 2.06. The smallest absolute Gasteiger partial charge is 0.191 e. The van der Waals surface area contributed by atoms with Crippen LogP contribution in [0.25, 0.3) is 0 Å². The molecule has 2 aromatic carbocycles. The quantitative estimate of drug-likeness (QED) is 0.434. The maximum Gasteiger partial charge on any atom is 0.191 e. The molecule has 0 amide bonds. The summed E-state index contributed by atoms with van der Waals surface area (Å²) >= 11 is 0. The molecule has 26 heavy (non-hydrogen) atoms. The van der Waals surface area contributed by atoms with Crippen molar-refractivity contribution < 1.29 is 9.47 Å². The van der Waals surface area contributed by atoms with Crippen LogP contribution < -0.4 is 20.1 Å². The molecule has 0 aromatic heterocycles. The van der Waals surface area contributed by atoms with E-state index in [-0.39, 0.29) is 0 Å². The SMILES string of the molecule is C=CCOc1ccccc1CNC(=NC)NCc1ccc(C)cc1OC. The molecule has 0 atom stereocenters. The predicted octanol–water partition coefficient (Wildman–Crippen LogP) is 3.43. The van der Waals surface area contributed by atoms with Gasteiger partial charge >= 0.3 is 0 Å². The van der Waals surface area contributed by atoms with Crippen molar-refractivity contribution in [1.29, 1.82) is 0 Å². The molecule has 0 heterocycles. The lowest BCUT2D eigenvalue weighted by Gasteiger charge is -2.15. The van der Waals surface area contributed by atoms with E-state index in [9.17, 15) is 0 Å². The molecule has 2 aromatic rings. The molecule has 138 valence electrons. The van der Waals surface area contributed by atoms with E-state index in [1.807, 2.05) is 37.3 Å². The zero-order valence-electron chi connectivity index (χ0n) is 15.7. The van der Waals surface area contributed by atoms with Crippen LogP contribution in [-0.2, 0) is 13.1 Å². The van der Waals surface area contributed by atoms with Crippen LogP contribution in [0.3, 0.4) is 0 Å². The molecule has 0 saturated heterocycles. The van der Waals surface area contributed by atoms with Gasteiger partial charge in [-0.3, -0.25) is 4.99 Å². The summed E-state index contributed by atoms with van der Waals surface area (Å²) in [5.41, 5.74) is 3.31. The van der Waals surface area contributed by atoms with Crippen molar-refractivity contribution >= 4 is 5.96 Å². The number of guanidine groups is 1. The van der Waals surface area contributed by atoms with Gasteiger partial charge in [0.2, 0.25) is 0 Å². The minimum absolute atomic E-state index is 0.483. The first kappa shape index (κ1) is 19.4. The molecule has 0 radical (unpaired) electrons. The Morgan fingerprint density at radius 1 is 1.08 bits per heavy atom. The molecular formula is C21H27N3O2. The maximum absolute atomic E-state index is 5.69. The molecule has 0 aliphatic carbocycles.